The molecule has 0 spiro atoms. The topological polar surface area (TPSA) is 74.3 Å². The molecular formula is C21H20FN7S. The molecule has 152 valence electrons. The first-order valence-electron chi connectivity index (χ1n) is 9.80. The summed E-state index contributed by atoms with van der Waals surface area (Å²) in [6.07, 6.45) is 2.10. The van der Waals surface area contributed by atoms with Gasteiger partial charge in [0, 0.05) is 6.04 Å². The Morgan fingerprint density at radius 1 is 1.00 bits per heavy atom. The van der Waals surface area contributed by atoms with E-state index >= 15 is 0 Å². The van der Waals surface area contributed by atoms with Gasteiger partial charge < -0.3 is 0 Å². The lowest BCUT2D eigenvalue weighted by Gasteiger charge is -2.11. The van der Waals surface area contributed by atoms with E-state index in [-0.39, 0.29) is 5.82 Å². The predicted octanol–water partition coefficient (Wildman–Crippen LogP) is 4.30. The number of hydrogen-bond acceptors (Lipinski definition) is 6. The Labute approximate surface area is 177 Å². The van der Waals surface area contributed by atoms with Gasteiger partial charge in [-0.3, -0.25) is 4.57 Å². The van der Waals surface area contributed by atoms with Crippen molar-refractivity contribution < 1.29 is 4.39 Å². The second kappa shape index (κ2) is 7.64. The van der Waals surface area contributed by atoms with Crippen molar-refractivity contribution >= 4 is 11.8 Å². The minimum atomic E-state index is -0.290. The van der Waals surface area contributed by atoms with Gasteiger partial charge in [-0.15, -0.1) is 15.3 Å². The van der Waals surface area contributed by atoms with Crippen molar-refractivity contribution in [1.29, 1.82) is 0 Å². The molecule has 1 aliphatic carbocycles. The van der Waals surface area contributed by atoms with Gasteiger partial charge in [0.1, 0.15) is 5.82 Å². The average Bonchev–Trinajstić information content (AvgIpc) is 3.32. The maximum Gasteiger partial charge on any atom is 0.192 e. The summed E-state index contributed by atoms with van der Waals surface area (Å²) in [5.41, 5.74) is 3.69. The lowest BCUT2D eigenvalue weighted by atomic mass is 10.1. The number of benzene rings is 2. The zero-order valence-electron chi connectivity index (χ0n) is 16.7. The fraction of sp³-hybridized carbons (Fsp3) is 0.286. The van der Waals surface area contributed by atoms with Gasteiger partial charge in [-0.25, -0.2) is 4.39 Å². The Bertz CT molecular complexity index is 1190. The minimum absolute atomic E-state index is 0.290. The summed E-state index contributed by atoms with van der Waals surface area (Å²) in [5, 5.41) is 21.7. The number of rotatable bonds is 6. The van der Waals surface area contributed by atoms with Crippen LogP contribution in [0.25, 0.3) is 17.1 Å². The molecule has 7 nitrogen and oxygen atoms in total. The van der Waals surface area contributed by atoms with Crippen LogP contribution in [-0.2, 0) is 5.75 Å². The van der Waals surface area contributed by atoms with Gasteiger partial charge in [0.25, 0.3) is 0 Å². The van der Waals surface area contributed by atoms with E-state index in [2.05, 4.69) is 30.3 Å². The van der Waals surface area contributed by atoms with Crippen LogP contribution < -0.4 is 0 Å². The van der Waals surface area contributed by atoms with Gasteiger partial charge >= 0.3 is 0 Å². The van der Waals surface area contributed by atoms with Crippen molar-refractivity contribution in [2.45, 2.75) is 43.6 Å². The third-order valence-corrected chi connectivity index (χ3v) is 6.15. The monoisotopic (exact) mass is 421 g/mol. The molecule has 2 aromatic carbocycles. The van der Waals surface area contributed by atoms with Gasteiger partial charge in [-0.05, 0) is 60.4 Å². The second-order valence-electron chi connectivity index (χ2n) is 7.42. The molecule has 5 rings (SSSR count). The molecular weight excluding hydrogens is 401 g/mol. The Kier molecular flexibility index (Phi) is 4.82. The summed E-state index contributed by atoms with van der Waals surface area (Å²) in [6, 6.07) is 13.1. The van der Waals surface area contributed by atoms with E-state index in [1.807, 2.05) is 38.1 Å². The Morgan fingerprint density at radius 3 is 2.50 bits per heavy atom. The van der Waals surface area contributed by atoms with Gasteiger partial charge in [0.15, 0.2) is 16.8 Å². The normalized spacial score (nSPS) is 13.7. The highest BCUT2D eigenvalue weighted by molar-refractivity contribution is 7.98. The SMILES string of the molecule is Cc1cccc(C)c1-n1nnnc1CSc1nnc(-c2ccccc2F)n1C1CC1. The van der Waals surface area contributed by atoms with Crippen molar-refractivity contribution in [1.82, 2.24) is 35.0 Å². The summed E-state index contributed by atoms with van der Waals surface area (Å²) in [6.45, 7) is 4.09. The Hall–Kier alpha value is -3.07. The number of hydrogen-bond donors (Lipinski definition) is 0. The standard InChI is InChI=1S/C21H20FN7S/c1-13-6-5-7-14(2)19(13)29-18(23-26-27-29)12-30-21-25-24-20(28(21)15-10-11-15)16-8-3-4-9-17(16)22/h3-9,15H,10-12H2,1-2H3. The summed E-state index contributed by atoms with van der Waals surface area (Å²) in [4.78, 5) is 0. The summed E-state index contributed by atoms with van der Waals surface area (Å²) < 4.78 is 18.2. The molecule has 2 aromatic heterocycles. The van der Waals surface area contributed by atoms with Gasteiger partial charge in [0.05, 0.1) is 17.0 Å². The molecule has 9 heteroatoms. The van der Waals surface area contributed by atoms with Crippen molar-refractivity contribution in [2.75, 3.05) is 0 Å². The van der Waals surface area contributed by atoms with Gasteiger partial charge in [-0.1, -0.05) is 42.1 Å². The van der Waals surface area contributed by atoms with E-state index in [1.165, 1.54) is 17.8 Å². The Morgan fingerprint density at radius 2 is 1.77 bits per heavy atom. The maximum atomic E-state index is 14.4. The van der Waals surface area contributed by atoms with Crippen LogP contribution in [0.3, 0.4) is 0 Å². The van der Waals surface area contributed by atoms with Crippen LogP contribution in [-0.4, -0.2) is 35.0 Å². The summed E-state index contributed by atoms with van der Waals surface area (Å²) in [5.74, 6) is 1.55. The third-order valence-electron chi connectivity index (χ3n) is 5.21. The Balaban J connectivity index is 1.45. The highest BCUT2D eigenvalue weighted by Crippen LogP contribution is 2.41. The zero-order valence-corrected chi connectivity index (χ0v) is 17.5. The molecule has 0 bridgehead atoms. The maximum absolute atomic E-state index is 14.4. The zero-order chi connectivity index (χ0) is 20.7. The van der Waals surface area contributed by atoms with Gasteiger partial charge in [-0.2, -0.15) is 4.68 Å². The molecule has 0 saturated heterocycles. The first-order valence-corrected chi connectivity index (χ1v) is 10.8. The fourth-order valence-corrected chi connectivity index (χ4v) is 4.51. The van der Waals surface area contributed by atoms with E-state index in [0.29, 0.717) is 23.2 Å². The van der Waals surface area contributed by atoms with Crippen LogP contribution in [0.2, 0.25) is 0 Å². The van der Waals surface area contributed by atoms with Crippen molar-refractivity contribution in [2.24, 2.45) is 0 Å². The molecule has 4 aromatic rings. The second-order valence-corrected chi connectivity index (χ2v) is 8.37. The predicted molar refractivity (Wildman–Crippen MR) is 112 cm³/mol. The molecule has 1 saturated carbocycles. The first kappa shape index (κ1) is 18.9. The van der Waals surface area contributed by atoms with E-state index in [4.69, 9.17) is 0 Å². The number of nitrogens with zero attached hydrogens (tertiary/aromatic N) is 7. The largest absolute Gasteiger partial charge is 0.299 e. The van der Waals surface area contributed by atoms with Crippen LogP contribution in [0.1, 0.15) is 35.8 Å². The first-order chi connectivity index (χ1) is 14.6. The van der Waals surface area contributed by atoms with Crippen molar-refractivity contribution in [3.63, 3.8) is 0 Å². The highest BCUT2D eigenvalue weighted by Gasteiger charge is 2.31. The lowest BCUT2D eigenvalue weighted by molar-refractivity contribution is 0.622. The van der Waals surface area contributed by atoms with Crippen LogP contribution in [0, 0.1) is 19.7 Å². The van der Waals surface area contributed by atoms with E-state index in [0.717, 1.165) is 40.6 Å². The fourth-order valence-electron chi connectivity index (χ4n) is 3.60. The highest BCUT2D eigenvalue weighted by atomic mass is 32.2. The van der Waals surface area contributed by atoms with E-state index in [1.54, 1.807) is 16.8 Å². The number of para-hydroxylation sites is 1. The van der Waals surface area contributed by atoms with Crippen molar-refractivity contribution in [3.05, 3.63) is 65.2 Å². The molecule has 0 radical (unpaired) electrons. The number of thioether (sulfide) groups is 1. The third kappa shape index (κ3) is 3.39. The van der Waals surface area contributed by atoms with E-state index in [9.17, 15) is 4.39 Å². The van der Waals surface area contributed by atoms with Crippen molar-refractivity contribution in [3.8, 4) is 17.1 Å². The number of aromatic nitrogens is 7. The molecule has 0 aliphatic heterocycles. The van der Waals surface area contributed by atoms with E-state index < -0.39 is 0 Å². The van der Waals surface area contributed by atoms with Crippen LogP contribution >= 0.6 is 11.8 Å². The average molecular weight is 422 g/mol. The molecule has 2 heterocycles. The quantitative estimate of drug-likeness (QED) is 0.432. The number of tetrazole rings is 1. The number of aryl methyl sites for hydroxylation is 2. The lowest BCUT2D eigenvalue weighted by Crippen LogP contribution is -2.07. The van der Waals surface area contributed by atoms with Gasteiger partial charge in [0.2, 0.25) is 0 Å². The molecule has 0 atom stereocenters. The van der Waals surface area contributed by atoms with Crippen LogP contribution in [0.5, 0.6) is 0 Å². The van der Waals surface area contributed by atoms with Crippen LogP contribution in [0.15, 0.2) is 47.6 Å². The molecule has 1 fully saturated rings. The molecule has 30 heavy (non-hydrogen) atoms. The molecule has 0 N–H and O–H groups in total. The smallest absolute Gasteiger partial charge is 0.192 e. The minimum Gasteiger partial charge on any atom is -0.299 e. The summed E-state index contributed by atoms with van der Waals surface area (Å²) >= 11 is 1.52. The number of halogens is 1. The molecule has 0 amide bonds. The van der Waals surface area contributed by atoms with Crippen LogP contribution in [0.4, 0.5) is 4.39 Å². The molecule has 1 aliphatic rings. The molecule has 0 unspecified atom stereocenters. The summed E-state index contributed by atoms with van der Waals surface area (Å²) in [7, 11) is 0.